The van der Waals surface area contributed by atoms with E-state index in [1.807, 2.05) is 20.9 Å². The van der Waals surface area contributed by atoms with E-state index < -0.39 is 0 Å². The van der Waals surface area contributed by atoms with E-state index in [0.717, 1.165) is 12.8 Å². The third kappa shape index (κ3) is 3.71. The molecule has 1 fully saturated rings. The first-order valence-corrected chi connectivity index (χ1v) is 8.69. The zero-order valence-corrected chi connectivity index (χ0v) is 14.9. The van der Waals surface area contributed by atoms with Crippen LogP contribution in [-0.4, -0.2) is 51.8 Å². The molecule has 134 valence electrons. The Bertz CT molecular complexity index is 758. The Labute approximate surface area is 147 Å². The van der Waals surface area contributed by atoms with Crippen LogP contribution in [0.15, 0.2) is 24.3 Å². The van der Waals surface area contributed by atoms with Crippen LogP contribution in [-0.2, 0) is 0 Å². The minimum Gasteiger partial charge on any atom is -0.334 e. The van der Waals surface area contributed by atoms with Gasteiger partial charge in [0.25, 0.3) is 5.91 Å². The van der Waals surface area contributed by atoms with E-state index in [1.54, 1.807) is 21.7 Å². The highest BCUT2D eigenvalue weighted by Crippen LogP contribution is 2.20. The van der Waals surface area contributed by atoms with Gasteiger partial charge in [0.15, 0.2) is 0 Å². The van der Waals surface area contributed by atoms with Gasteiger partial charge in [-0.1, -0.05) is 19.9 Å². The summed E-state index contributed by atoms with van der Waals surface area (Å²) in [5, 5.41) is 7.62. The number of aromatic nitrogens is 3. The van der Waals surface area contributed by atoms with Crippen LogP contribution >= 0.6 is 0 Å². The fraction of sp³-hybridized carbons (Fsp3) is 0.500. The fourth-order valence-corrected chi connectivity index (χ4v) is 3.12. The maximum absolute atomic E-state index is 13.6. The van der Waals surface area contributed by atoms with Crippen LogP contribution in [0.5, 0.6) is 0 Å². The highest BCUT2D eigenvalue weighted by Gasteiger charge is 2.27. The first-order chi connectivity index (χ1) is 12.0. The smallest absolute Gasteiger partial charge is 0.293 e. The van der Waals surface area contributed by atoms with E-state index in [0.29, 0.717) is 30.6 Å². The number of hydrogen-bond acceptors (Lipinski definition) is 4. The monoisotopic (exact) mass is 345 g/mol. The third-order valence-electron chi connectivity index (χ3n) is 4.51. The van der Waals surface area contributed by atoms with Crippen LogP contribution in [0.2, 0.25) is 0 Å². The van der Waals surface area contributed by atoms with Crippen molar-refractivity contribution in [3.8, 4) is 5.69 Å². The first-order valence-electron chi connectivity index (χ1n) is 8.69. The molecule has 25 heavy (non-hydrogen) atoms. The van der Waals surface area contributed by atoms with E-state index in [4.69, 9.17) is 0 Å². The zero-order valence-electron chi connectivity index (χ0n) is 14.9. The molecule has 1 aromatic heterocycles. The number of carbonyl (C=O) groups is 1. The van der Waals surface area contributed by atoms with Gasteiger partial charge >= 0.3 is 0 Å². The van der Waals surface area contributed by atoms with Gasteiger partial charge in [0.1, 0.15) is 11.6 Å². The first kappa shape index (κ1) is 17.5. The number of carbonyl (C=O) groups excluding carboxylic acids is 1. The summed E-state index contributed by atoms with van der Waals surface area (Å²) < 4.78 is 15.2. The SMILES string of the molecule is CNC1CCCN(C(=O)c2nc(C(C)C)n(-c3cccc(F)c3)n2)C1. The van der Waals surface area contributed by atoms with Crippen molar-refractivity contribution >= 4 is 5.91 Å². The Kier molecular flexibility index (Phi) is 5.13. The number of nitrogens with one attached hydrogen (secondary N) is 1. The summed E-state index contributed by atoms with van der Waals surface area (Å²) in [7, 11) is 1.91. The highest BCUT2D eigenvalue weighted by molar-refractivity contribution is 5.90. The Balaban J connectivity index is 1.92. The summed E-state index contributed by atoms with van der Waals surface area (Å²) in [6.07, 6.45) is 2.02. The number of piperidine rings is 1. The van der Waals surface area contributed by atoms with Gasteiger partial charge in [0.2, 0.25) is 5.82 Å². The molecule has 2 heterocycles. The van der Waals surface area contributed by atoms with Gasteiger partial charge in [-0.15, -0.1) is 5.10 Å². The maximum Gasteiger partial charge on any atom is 0.293 e. The number of nitrogens with zero attached hydrogens (tertiary/aromatic N) is 4. The van der Waals surface area contributed by atoms with Gasteiger partial charge in [-0.3, -0.25) is 4.79 Å². The average molecular weight is 345 g/mol. The zero-order chi connectivity index (χ0) is 18.0. The third-order valence-corrected chi connectivity index (χ3v) is 4.51. The molecule has 6 nitrogen and oxygen atoms in total. The molecular formula is C18H24FN5O. The van der Waals surface area contributed by atoms with Crippen molar-refractivity contribution < 1.29 is 9.18 Å². The second-order valence-corrected chi connectivity index (χ2v) is 6.72. The lowest BCUT2D eigenvalue weighted by Crippen LogP contribution is -2.47. The quantitative estimate of drug-likeness (QED) is 0.924. The number of halogens is 1. The van der Waals surface area contributed by atoms with Gasteiger partial charge in [-0.2, -0.15) is 0 Å². The van der Waals surface area contributed by atoms with Crippen molar-refractivity contribution in [3.05, 3.63) is 41.7 Å². The van der Waals surface area contributed by atoms with Gasteiger partial charge in [-0.05, 0) is 38.1 Å². The van der Waals surface area contributed by atoms with Crippen molar-refractivity contribution in [2.24, 2.45) is 0 Å². The highest BCUT2D eigenvalue weighted by atomic mass is 19.1. The molecule has 7 heteroatoms. The van der Waals surface area contributed by atoms with Crippen LogP contribution in [0, 0.1) is 5.82 Å². The second-order valence-electron chi connectivity index (χ2n) is 6.72. The van der Waals surface area contributed by atoms with E-state index in [9.17, 15) is 9.18 Å². The summed E-state index contributed by atoms with van der Waals surface area (Å²) in [5.74, 6) is 0.366. The van der Waals surface area contributed by atoms with E-state index >= 15 is 0 Å². The standard InChI is InChI=1S/C18H24FN5O/c1-12(2)17-21-16(18(25)23-9-5-7-14(11-23)20-3)22-24(17)15-8-4-6-13(19)10-15/h4,6,8,10,12,14,20H,5,7,9,11H2,1-3H3. The number of amides is 1. The fourth-order valence-electron chi connectivity index (χ4n) is 3.12. The molecule has 1 amide bonds. The molecule has 1 atom stereocenters. The second kappa shape index (κ2) is 7.31. The molecule has 3 rings (SSSR count). The van der Waals surface area contributed by atoms with Crippen molar-refractivity contribution in [3.63, 3.8) is 0 Å². The molecule has 1 aliphatic heterocycles. The van der Waals surface area contributed by atoms with E-state index in [-0.39, 0.29) is 23.5 Å². The minimum absolute atomic E-state index is 0.0590. The Morgan fingerprint density at radius 2 is 2.20 bits per heavy atom. The predicted molar refractivity (Wildman–Crippen MR) is 93.4 cm³/mol. The normalized spacial score (nSPS) is 18.0. The van der Waals surface area contributed by atoms with Crippen LogP contribution in [0.25, 0.3) is 5.69 Å². The molecule has 1 N–H and O–H groups in total. The lowest BCUT2D eigenvalue weighted by atomic mass is 10.1. The summed E-state index contributed by atoms with van der Waals surface area (Å²) in [4.78, 5) is 19.1. The number of likely N-dealkylation sites (N-methyl/N-ethyl adjacent to an activating group) is 1. The van der Waals surface area contributed by atoms with Crippen molar-refractivity contribution in [2.45, 2.75) is 38.6 Å². The van der Waals surface area contributed by atoms with Crippen LogP contribution in [0.3, 0.4) is 0 Å². The number of benzene rings is 1. The summed E-state index contributed by atoms with van der Waals surface area (Å²) in [6, 6.07) is 6.46. The lowest BCUT2D eigenvalue weighted by Gasteiger charge is -2.31. The Hall–Kier alpha value is -2.28. The van der Waals surface area contributed by atoms with Gasteiger partial charge < -0.3 is 10.2 Å². The average Bonchev–Trinajstić information content (AvgIpc) is 3.07. The van der Waals surface area contributed by atoms with Gasteiger partial charge in [0.05, 0.1) is 5.69 Å². The summed E-state index contributed by atoms with van der Waals surface area (Å²) >= 11 is 0. The van der Waals surface area contributed by atoms with Crippen molar-refractivity contribution in [1.29, 1.82) is 0 Å². The van der Waals surface area contributed by atoms with Gasteiger partial charge in [0, 0.05) is 25.0 Å². The molecule has 0 spiro atoms. The Morgan fingerprint density at radius 3 is 2.88 bits per heavy atom. The number of likely N-dealkylation sites (tertiary alicyclic amines) is 1. The number of hydrogen-bond donors (Lipinski definition) is 1. The van der Waals surface area contributed by atoms with Crippen LogP contribution in [0.4, 0.5) is 4.39 Å². The summed E-state index contributed by atoms with van der Waals surface area (Å²) in [5.41, 5.74) is 0.571. The molecule has 1 unspecified atom stereocenters. The molecule has 1 aliphatic rings. The van der Waals surface area contributed by atoms with Crippen molar-refractivity contribution in [1.82, 2.24) is 25.0 Å². The molecule has 2 aromatic rings. The molecule has 0 bridgehead atoms. The maximum atomic E-state index is 13.6. The minimum atomic E-state index is -0.344. The molecule has 1 aromatic carbocycles. The summed E-state index contributed by atoms with van der Waals surface area (Å²) in [6.45, 7) is 5.32. The number of rotatable bonds is 4. The largest absolute Gasteiger partial charge is 0.334 e. The Morgan fingerprint density at radius 1 is 1.40 bits per heavy atom. The molecule has 0 radical (unpaired) electrons. The molecular weight excluding hydrogens is 321 g/mol. The van der Waals surface area contributed by atoms with Crippen LogP contribution in [0.1, 0.15) is 49.1 Å². The van der Waals surface area contributed by atoms with E-state index in [1.165, 1.54) is 12.1 Å². The lowest BCUT2D eigenvalue weighted by molar-refractivity contribution is 0.0686. The van der Waals surface area contributed by atoms with Crippen molar-refractivity contribution in [2.75, 3.05) is 20.1 Å². The van der Waals surface area contributed by atoms with E-state index in [2.05, 4.69) is 15.4 Å². The van der Waals surface area contributed by atoms with Crippen LogP contribution < -0.4 is 5.32 Å². The molecule has 0 aliphatic carbocycles. The molecule has 0 saturated carbocycles. The topological polar surface area (TPSA) is 63.1 Å². The van der Waals surface area contributed by atoms with Gasteiger partial charge in [-0.25, -0.2) is 14.1 Å². The predicted octanol–water partition coefficient (Wildman–Crippen LogP) is 2.35. The molecule has 1 saturated heterocycles.